The Balaban J connectivity index is 1.61. The van der Waals surface area contributed by atoms with Crippen LogP contribution < -0.4 is 10.6 Å². The van der Waals surface area contributed by atoms with Crippen LogP contribution in [0, 0.1) is 17.1 Å². The fourth-order valence-corrected chi connectivity index (χ4v) is 7.09. The molecule has 2 aromatic heterocycles. The first-order valence-corrected chi connectivity index (χ1v) is 14.0. The van der Waals surface area contributed by atoms with Crippen LogP contribution in [0.25, 0.3) is 22.3 Å². The molecule has 7 rings (SSSR count). The van der Waals surface area contributed by atoms with Gasteiger partial charge in [-0.2, -0.15) is 5.26 Å². The summed E-state index contributed by atoms with van der Waals surface area (Å²) in [5.41, 5.74) is 10.0. The Morgan fingerprint density at radius 3 is 2.64 bits per heavy atom. The van der Waals surface area contributed by atoms with Crippen molar-refractivity contribution in [2.45, 2.75) is 58.9 Å². The summed E-state index contributed by atoms with van der Waals surface area (Å²) >= 11 is 1.01. The first-order chi connectivity index (χ1) is 18.8. The number of likely N-dealkylation sites (N-methyl/N-ethyl adjacent to an activating group) is 1. The molecule has 0 amide bonds. The van der Waals surface area contributed by atoms with E-state index in [9.17, 15) is 5.26 Å². The van der Waals surface area contributed by atoms with Crippen LogP contribution in [-0.2, 0) is 18.0 Å². The van der Waals surface area contributed by atoms with Gasteiger partial charge < -0.3 is 15.4 Å². The van der Waals surface area contributed by atoms with Gasteiger partial charge in [-0.25, -0.2) is 18.7 Å². The third kappa shape index (κ3) is 3.86. The molecule has 2 bridgehead atoms. The minimum Gasteiger partial charge on any atom is -0.389 e. The van der Waals surface area contributed by atoms with Gasteiger partial charge in [-0.05, 0) is 50.4 Å². The average Bonchev–Trinajstić information content (AvgIpc) is 3.58. The first kappa shape index (κ1) is 25.9. The van der Waals surface area contributed by atoms with E-state index in [1.165, 1.54) is 6.08 Å². The maximum absolute atomic E-state index is 16.9. The largest absolute Gasteiger partial charge is 0.389 e. The zero-order valence-corrected chi connectivity index (χ0v) is 23.3. The van der Waals surface area contributed by atoms with Crippen molar-refractivity contribution < 1.29 is 13.5 Å². The second-order valence-corrected chi connectivity index (χ2v) is 11.5. The Labute approximate surface area is 230 Å². The molecule has 2 atom stereocenters. The van der Waals surface area contributed by atoms with E-state index in [-0.39, 0.29) is 27.6 Å². The Bertz CT molecular complexity index is 1610. The molecule has 0 saturated carbocycles. The molecule has 10 heteroatoms. The number of thiophene rings is 1. The molecule has 4 aliphatic heterocycles. The Hall–Kier alpha value is -3.39. The number of aromatic nitrogens is 2. The first-order valence-electron chi connectivity index (χ1n) is 13.2. The number of hydrogen-bond donors (Lipinski definition) is 1. The van der Waals surface area contributed by atoms with E-state index in [0.717, 1.165) is 42.0 Å². The molecular formula is C29H30F2N6OS. The molecule has 3 saturated heterocycles. The normalized spacial score (nSPS) is 21.6. The molecule has 202 valence electrons. The smallest absolute Gasteiger partial charge is 0.226 e. The number of anilines is 2. The SMILES string of the molecule is C/C=C(/F)c1sc(N)c(C#N)c1/C(=C(\C)CC)c1c2c(c3cnc(N4CC5CC(C4)N5C)nc3c1F)COC2. The molecule has 3 aromatic rings. The molecule has 6 heterocycles. The van der Waals surface area contributed by atoms with E-state index >= 15 is 8.78 Å². The summed E-state index contributed by atoms with van der Waals surface area (Å²) in [7, 11) is 2.13. The number of hydrogen-bond acceptors (Lipinski definition) is 8. The number of allylic oxidation sites excluding steroid dienone is 2. The zero-order valence-electron chi connectivity index (χ0n) is 22.4. The van der Waals surface area contributed by atoms with E-state index in [4.69, 9.17) is 15.5 Å². The Morgan fingerprint density at radius 1 is 1.28 bits per heavy atom. The summed E-state index contributed by atoms with van der Waals surface area (Å²) in [6, 6.07) is 3.05. The lowest BCUT2D eigenvalue weighted by Gasteiger charge is -2.54. The lowest BCUT2D eigenvalue weighted by molar-refractivity contribution is 0.0258. The van der Waals surface area contributed by atoms with Gasteiger partial charge in [-0.3, -0.25) is 4.90 Å². The molecule has 7 nitrogen and oxygen atoms in total. The van der Waals surface area contributed by atoms with Crippen molar-refractivity contribution in [1.82, 2.24) is 14.9 Å². The number of nitrogen functional groups attached to an aromatic ring is 1. The van der Waals surface area contributed by atoms with Crippen molar-refractivity contribution in [2.24, 2.45) is 0 Å². The van der Waals surface area contributed by atoms with Gasteiger partial charge in [0.2, 0.25) is 5.95 Å². The van der Waals surface area contributed by atoms with E-state index < -0.39 is 11.6 Å². The second-order valence-electron chi connectivity index (χ2n) is 10.5. The number of rotatable bonds is 5. The number of nitriles is 1. The summed E-state index contributed by atoms with van der Waals surface area (Å²) in [5, 5.41) is 10.9. The van der Waals surface area contributed by atoms with Gasteiger partial charge in [0, 0.05) is 47.9 Å². The maximum Gasteiger partial charge on any atom is 0.226 e. The van der Waals surface area contributed by atoms with Gasteiger partial charge in [0.15, 0.2) is 5.82 Å². The fourth-order valence-electron chi connectivity index (χ4n) is 6.10. The number of piperazine rings is 1. The summed E-state index contributed by atoms with van der Waals surface area (Å²) in [5.74, 6) is -0.512. The molecule has 4 aliphatic rings. The number of piperidine rings is 1. The van der Waals surface area contributed by atoms with Crippen molar-refractivity contribution in [3.63, 3.8) is 0 Å². The fraction of sp³-hybridized carbons (Fsp3) is 0.414. The van der Waals surface area contributed by atoms with Crippen molar-refractivity contribution in [3.8, 4) is 6.07 Å². The van der Waals surface area contributed by atoms with Crippen LogP contribution in [0.4, 0.5) is 19.7 Å². The van der Waals surface area contributed by atoms with Gasteiger partial charge in [0.1, 0.15) is 22.4 Å². The molecule has 1 aromatic carbocycles. The number of benzene rings is 1. The van der Waals surface area contributed by atoms with E-state index in [2.05, 4.69) is 27.9 Å². The quantitative estimate of drug-likeness (QED) is 0.433. The van der Waals surface area contributed by atoms with Gasteiger partial charge in [0.05, 0.1) is 23.7 Å². The molecular weight excluding hydrogens is 518 g/mol. The second kappa shape index (κ2) is 9.66. The predicted octanol–water partition coefficient (Wildman–Crippen LogP) is 5.77. The lowest BCUT2D eigenvalue weighted by Crippen LogP contribution is -2.67. The summed E-state index contributed by atoms with van der Waals surface area (Å²) < 4.78 is 37.9. The molecule has 3 fully saturated rings. The van der Waals surface area contributed by atoms with Crippen LogP contribution in [0.1, 0.15) is 66.3 Å². The minimum absolute atomic E-state index is 0.155. The highest BCUT2D eigenvalue weighted by atomic mass is 32.1. The highest BCUT2D eigenvalue weighted by molar-refractivity contribution is 7.17. The van der Waals surface area contributed by atoms with Crippen LogP contribution in [0.2, 0.25) is 0 Å². The van der Waals surface area contributed by atoms with Gasteiger partial charge in [-0.15, -0.1) is 11.3 Å². The van der Waals surface area contributed by atoms with E-state index in [1.807, 2.05) is 13.8 Å². The third-order valence-corrected chi connectivity index (χ3v) is 9.53. The molecule has 2 unspecified atom stereocenters. The topological polar surface area (TPSA) is 91.3 Å². The minimum atomic E-state index is -0.513. The molecule has 39 heavy (non-hydrogen) atoms. The average molecular weight is 549 g/mol. The number of nitrogens with zero attached hydrogens (tertiary/aromatic N) is 5. The van der Waals surface area contributed by atoms with Crippen LogP contribution in [0.15, 0.2) is 17.8 Å². The number of halogens is 2. The molecule has 0 aliphatic carbocycles. The summed E-state index contributed by atoms with van der Waals surface area (Å²) in [6.45, 7) is 7.52. The number of nitrogens with two attached hydrogens (primary N) is 1. The number of ether oxygens (including phenoxy) is 1. The third-order valence-electron chi connectivity index (χ3n) is 8.50. The predicted molar refractivity (Wildman–Crippen MR) is 150 cm³/mol. The van der Waals surface area contributed by atoms with E-state index in [0.29, 0.717) is 58.7 Å². The van der Waals surface area contributed by atoms with Crippen LogP contribution >= 0.6 is 11.3 Å². The number of fused-ring (bicyclic) bond motifs is 5. The highest BCUT2D eigenvalue weighted by Gasteiger charge is 2.43. The van der Waals surface area contributed by atoms with Crippen LogP contribution in [0.5, 0.6) is 0 Å². The van der Waals surface area contributed by atoms with Crippen LogP contribution in [0.3, 0.4) is 0 Å². The molecule has 0 spiro atoms. The van der Waals surface area contributed by atoms with Crippen molar-refractivity contribution in [2.75, 3.05) is 30.8 Å². The lowest BCUT2D eigenvalue weighted by atomic mass is 9.85. The Morgan fingerprint density at radius 2 is 2.00 bits per heavy atom. The van der Waals surface area contributed by atoms with Gasteiger partial charge >= 0.3 is 0 Å². The highest BCUT2D eigenvalue weighted by Crippen LogP contribution is 2.47. The monoisotopic (exact) mass is 548 g/mol. The van der Waals surface area contributed by atoms with Crippen molar-refractivity contribution in [1.29, 1.82) is 5.26 Å². The molecule has 2 N–H and O–H groups in total. The van der Waals surface area contributed by atoms with Gasteiger partial charge in [0.25, 0.3) is 0 Å². The van der Waals surface area contributed by atoms with Crippen molar-refractivity contribution in [3.05, 3.63) is 56.4 Å². The zero-order chi connectivity index (χ0) is 27.6. The summed E-state index contributed by atoms with van der Waals surface area (Å²) in [6.07, 6.45) is 4.76. The van der Waals surface area contributed by atoms with Gasteiger partial charge in [-0.1, -0.05) is 18.6 Å². The Kier molecular flexibility index (Phi) is 6.41. The van der Waals surface area contributed by atoms with E-state index in [1.54, 1.807) is 13.1 Å². The summed E-state index contributed by atoms with van der Waals surface area (Å²) in [4.78, 5) is 14.1. The van der Waals surface area contributed by atoms with Crippen LogP contribution in [-0.4, -0.2) is 47.1 Å². The standard InChI is InChI=1S/C29H30F2N6OS/c1-5-14(3)22(24-17(8-32)28(33)39-27(24)21(30)6-2)23-20-13-38-12-19(20)18-9-34-29(35-26(18)25(23)31)37-10-15-7-16(11-37)36(15)4/h6,9,15-16H,5,7,10-13,33H2,1-4H3/b21-6+,22-14+. The van der Waals surface area contributed by atoms with Crippen molar-refractivity contribution >= 4 is 44.6 Å². The maximum atomic E-state index is 16.9. The molecule has 0 radical (unpaired) electrons.